The molecule has 1 fully saturated rings. The molecule has 1 amide bonds. The SMILES string of the molecule is COc1ccc(NC(=O)C(C)N)cc1S(=O)(=O)N1CCOCC1. The van der Waals surface area contributed by atoms with Crippen LogP contribution in [0.4, 0.5) is 5.69 Å². The maximum absolute atomic E-state index is 12.8. The second-order valence-electron chi connectivity index (χ2n) is 5.16. The zero-order valence-electron chi connectivity index (χ0n) is 13.1. The van der Waals surface area contributed by atoms with Crippen LogP contribution >= 0.6 is 0 Å². The van der Waals surface area contributed by atoms with Gasteiger partial charge in [0, 0.05) is 18.8 Å². The second kappa shape index (κ2) is 7.26. The summed E-state index contributed by atoms with van der Waals surface area (Å²) in [6.45, 7) is 2.80. The molecular weight excluding hydrogens is 322 g/mol. The van der Waals surface area contributed by atoms with Gasteiger partial charge >= 0.3 is 0 Å². The van der Waals surface area contributed by atoms with Crippen LogP contribution in [0.3, 0.4) is 0 Å². The lowest BCUT2D eigenvalue weighted by Crippen LogP contribution is -2.40. The van der Waals surface area contributed by atoms with E-state index >= 15 is 0 Å². The van der Waals surface area contributed by atoms with Crippen molar-refractivity contribution in [2.75, 3.05) is 38.7 Å². The molecule has 0 aromatic heterocycles. The maximum atomic E-state index is 12.8. The molecule has 0 aliphatic carbocycles. The molecule has 1 unspecified atom stereocenters. The third-order valence-electron chi connectivity index (χ3n) is 3.43. The van der Waals surface area contributed by atoms with Crippen LogP contribution < -0.4 is 15.8 Å². The number of benzene rings is 1. The monoisotopic (exact) mass is 343 g/mol. The van der Waals surface area contributed by atoms with Crippen molar-refractivity contribution in [1.29, 1.82) is 0 Å². The van der Waals surface area contributed by atoms with Crippen LogP contribution in [0.2, 0.25) is 0 Å². The molecule has 8 nitrogen and oxygen atoms in total. The Bertz CT molecular complexity index is 669. The minimum Gasteiger partial charge on any atom is -0.495 e. The van der Waals surface area contributed by atoms with Crippen LogP contribution in [0.5, 0.6) is 5.75 Å². The minimum absolute atomic E-state index is 0.00405. The normalized spacial score (nSPS) is 17.5. The number of sulfonamides is 1. The standard InChI is InChI=1S/C14H21N3O5S/c1-10(15)14(18)16-11-3-4-12(21-2)13(9-11)23(19,20)17-5-7-22-8-6-17/h3-4,9-10H,5-8,15H2,1-2H3,(H,16,18). The molecule has 23 heavy (non-hydrogen) atoms. The topological polar surface area (TPSA) is 111 Å². The molecule has 0 spiro atoms. The first-order valence-electron chi connectivity index (χ1n) is 7.18. The summed E-state index contributed by atoms with van der Waals surface area (Å²) in [5.74, 6) is -0.180. The van der Waals surface area contributed by atoms with Gasteiger partial charge in [0.1, 0.15) is 10.6 Å². The maximum Gasteiger partial charge on any atom is 0.246 e. The van der Waals surface area contributed by atoms with E-state index in [2.05, 4.69) is 5.32 Å². The molecule has 0 bridgehead atoms. The number of carbonyl (C=O) groups is 1. The summed E-state index contributed by atoms with van der Waals surface area (Å²) in [4.78, 5) is 11.7. The Balaban J connectivity index is 2.36. The molecule has 1 saturated heterocycles. The summed E-state index contributed by atoms with van der Waals surface area (Å²) in [6, 6.07) is 3.75. The summed E-state index contributed by atoms with van der Waals surface area (Å²) < 4.78 is 37.3. The van der Waals surface area contributed by atoms with Gasteiger partial charge < -0.3 is 20.5 Å². The fourth-order valence-corrected chi connectivity index (χ4v) is 3.73. The van der Waals surface area contributed by atoms with E-state index in [1.807, 2.05) is 0 Å². The number of morpholine rings is 1. The largest absolute Gasteiger partial charge is 0.495 e. The average Bonchev–Trinajstić information content (AvgIpc) is 2.55. The second-order valence-corrected chi connectivity index (χ2v) is 7.07. The van der Waals surface area contributed by atoms with E-state index in [-0.39, 0.29) is 23.7 Å². The van der Waals surface area contributed by atoms with Gasteiger partial charge in [-0.15, -0.1) is 0 Å². The number of anilines is 1. The summed E-state index contributed by atoms with van der Waals surface area (Å²) in [6.07, 6.45) is 0. The smallest absolute Gasteiger partial charge is 0.246 e. The van der Waals surface area contributed by atoms with Crippen LogP contribution in [0.15, 0.2) is 23.1 Å². The number of amides is 1. The zero-order valence-corrected chi connectivity index (χ0v) is 13.9. The van der Waals surface area contributed by atoms with Gasteiger partial charge in [-0.1, -0.05) is 0 Å². The van der Waals surface area contributed by atoms with Gasteiger partial charge in [-0.25, -0.2) is 8.42 Å². The summed E-state index contributed by atoms with van der Waals surface area (Å²) in [5.41, 5.74) is 5.85. The number of hydrogen-bond acceptors (Lipinski definition) is 6. The number of rotatable bonds is 5. The predicted molar refractivity (Wildman–Crippen MR) is 84.9 cm³/mol. The Morgan fingerprint density at radius 1 is 1.39 bits per heavy atom. The molecule has 1 aromatic rings. The van der Waals surface area contributed by atoms with E-state index < -0.39 is 22.0 Å². The Morgan fingerprint density at radius 3 is 2.61 bits per heavy atom. The molecule has 0 saturated carbocycles. The molecule has 1 heterocycles. The number of nitrogens with one attached hydrogen (secondary N) is 1. The van der Waals surface area contributed by atoms with E-state index in [1.165, 1.54) is 23.5 Å². The number of methoxy groups -OCH3 is 1. The zero-order chi connectivity index (χ0) is 17.0. The molecule has 2 rings (SSSR count). The third-order valence-corrected chi connectivity index (χ3v) is 5.35. The van der Waals surface area contributed by atoms with E-state index in [0.29, 0.717) is 18.9 Å². The van der Waals surface area contributed by atoms with Crippen molar-refractivity contribution in [2.24, 2.45) is 5.73 Å². The highest BCUT2D eigenvalue weighted by atomic mass is 32.2. The lowest BCUT2D eigenvalue weighted by molar-refractivity contribution is -0.117. The van der Waals surface area contributed by atoms with Crippen LogP contribution in [0, 0.1) is 0 Å². The molecule has 1 aliphatic heterocycles. The quantitative estimate of drug-likeness (QED) is 0.779. The Kier molecular flexibility index (Phi) is 5.58. The highest BCUT2D eigenvalue weighted by Crippen LogP contribution is 2.30. The van der Waals surface area contributed by atoms with Crippen molar-refractivity contribution in [2.45, 2.75) is 17.9 Å². The van der Waals surface area contributed by atoms with Crippen molar-refractivity contribution in [3.05, 3.63) is 18.2 Å². The molecule has 1 aliphatic rings. The van der Waals surface area contributed by atoms with Crippen LogP contribution in [0.1, 0.15) is 6.92 Å². The van der Waals surface area contributed by atoms with E-state index in [0.717, 1.165) is 0 Å². The predicted octanol–water partition coefficient (Wildman–Crippen LogP) is 0.00180. The van der Waals surface area contributed by atoms with Gasteiger partial charge in [-0.3, -0.25) is 4.79 Å². The molecular formula is C14H21N3O5S. The third kappa shape index (κ3) is 3.99. The average molecular weight is 343 g/mol. The van der Waals surface area contributed by atoms with Crippen molar-refractivity contribution in [1.82, 2.24) is 4.31 Å². The lowest BCUT2D eigenvalue weighted by atomic mass is 10.2. The number of nitrogens with zero attached hydrogens (tertiary/aromatic N) is 1. The van der Waals surface area contributed by atoms with Gasteiger partial charge in [0.2, 0.25) is 15.9 Å². The lowest BCUT2D eigenvalue weighted by Gasteiger charge is -2.26. The van der Waals surface area contributed by atoms with E-state index in [1.54, 1.807) is 13.0 Å². The minimum atomic E-state index is -3.74. The fourth-order valence-electron chi connectivity index (χ4n) is 2.14. The van der Waals surface area contributed by atoms with Gasteiger partial charge in [-0.2, -0.15) is 4.31 Å². The van der Waals surface area contributed by atoms with Crippen molar-refractivity contribution in [3.8, 4) is 5.75 Å². The molecule has 0 radical (unpaired) electrons. The van der Waals surface area contributed by atoms with Crippen molar-refractivity contribution in [3.63, 3.8) is 0 Å². The number of ether oxygens (including phenoxy) is 2. The first kappa shape index (κ1) is 17.7. The first-order valence-corrected chi connectivity index (χ1v) is 8.62. The van der Waals surface area contributed by atoms with E-state index in [4.69, 9.17) is 15.2 Å². The van der Waals surface area contributed by atoms with Gasteiger partial charge in [-0.05, 0) is 25.1 Å². The first-order chi connectivity index (χ1) is 10.9. The highest BCUT2D eigenvalue weighted by molar-refractivity contribution is 7.89. The van der Waals surface area contributed by atoms with Crippen LogP contribution in [-0.2, 0) is 19.6 Å². The van der Waals surface area contributed by atoms with Gasteiger partial charge in [0.05, 0.1) is 26.4 Å². The Labute approximate surface area is 135 Å². The number of carbonyl (C=O) groups excluding carboxylic acids is 1. The molecule has 128 valence electrons. The van der Waals surface area contributed by atoms with Crippen molar-refractivity contribution >= 4 is 21.6 Å². The summed E-state index contributed by atoms with van der Waals surface area (Å²) >= 11 is 0. The van der Waals surface area contributed by atoms with Crippen LogP contribution in [-0.4, -0.2) is 58.1 Å². The molecule has 1 atom stereocenters. The Morgan fingerprint density at radius 2 is 2.04 bits per heavy atom. The fraction of sp³-hybridized carbons (Fsp3) is 0.500. The van der Waals surface area contributed by atoms with Gasteiger partial charge in [0.15, 0.2) is 0 Å². The summed E-state index contributed by atoms with van der Waals surface area (Å²) in [5, 5.41) is 2.58. The highest BCUT2D eigenvalue weighted by Gasteiger charge is 2.29. The number of hydrogen-bond donors (Lipinski definition) is 2. The van der Waals surface area contributed by atoms with E-state index in [9.17, 15) is 13.2 Å². The molecule has 9 heteroatoms. The molecule has 1 aromatic carbocycles. The van der Waals surface area contributed by atoms with Gasteiger partial charge in [0.25, 0.3) is 0 Å². The van der Waals surface area contributed by atoms with Crippen molar-refractivity contribution < 1.29 is 22.7 Å². The summed E-state index contributed by atoms with van der Waals surface area (Å²) in [7, 11) is -2.34. The van der Waals surface area contributed by atoms with Crippen LogP contribution in [0.25, 0.3) is 0 Å². The molecule has 3 N–H and O–H groups in total. The Hall–Kier alpha value is -1.68. The number of nitrogens with two attached hydrogens (primary N) is 1.